The van der Waals surface area contributed by atoms with Crippen LogP contribution in [0, 0.1) is 5.82 Å². The third kappa shape index (κ3) is 2.54. The van der Waals surface area contributed by atoms with Crippen LogP contribution in [0.5, 0.6) is 0 Å². The van der Waals surface area contributed by atoms with Crippen LogP contribution in [0.25, 0.3) is 20.8 Å². The molecule has 5 nitrogen and oxygen atoms in total. The van der Waals surface area contributed by atoms with E-state index in [1.165, 1.54) is 23.5 Å². The number of sulfone groups is 1. The molecule has 23 heavy (non-hydrogen) atoms. The van der Waals surface area contributed by atoms with E-state index in [4.69, 9.17) is 11.6 Å². The molecular formula is C14H11ClFN3O2S2. The molecule has 1 aliphatic rings. The van der Waals surface area contributed by atoms with Crippen LogP contribution in [-0.2, 0) is 22.8 Å². The van der Waals surface area contributed by atoms with Crippen molar-refractivity contribution >= 4 is 42.9 Å². The molecule has 0 atom stereocenters. The van der Waals surface area contributed by atoms with Gasteiger partial charge in [0.25, 0.3) is 0 Å². The summed E-state index contributed by atoms with van der Waals surface area (Å²) in [5.41, 5.74) is 0. The Morgan fingerprint density at radius 3 is 2.91 bits per heavy atom. The third-order valence-corrected chi connectivity index (χ3v) is 7.17. The Balaban J connectivity index is 1.87. The molecule has 1 aromatic carbocycles. The second-order valence-electron chi connectivity index (χ2n) is 5.38. The molecule has 3 aromatic rings. The molecule has 0 spiro atoms. The van der Waals surface area contributed by atoms with E-state index in [-0.39, 0.29) is 17.3 Å². The van der Waals surface area contributed by atoms with Crippen LogP contribution in [0.2, 0.25) is 5.02 Å². The monoisotopic (exact) mass is 371 g/mol. The average molecular weight is 372 g/mol. The van der Waals surface area contributed by atoms with Gasteiger partial charge in [-0.3, -0.25) is 0 Å². The standard InChI is InChI=1S/C14H11ClFN3O2S2/c15-12-9-2-1-8(16)7-10(9)22-13(12)14-18-17-11-3-5-23(20,21)6-4-19(11)14/h1-2,7H,3-6H2. The van der Waals surface area contributed by atoms with E-state index in [1.807, 2.05) is 0 Å². The van der Waals surface area contributed by atoms with Gasteiger partial charge in [-0.1, -0.05) is 11.6 Å². The molecule has 3 heterocycles. The fourth-order valence-corrected chi connectivity index (χ4v) is 5.38. The zero-order valence-electron chi connectivity index (χ0n) is 11.8. The summed E-state index contributed by atoms with van der Waals surface area (Å²) in [6.07, 6.45) is 0.340. The minimum atomic E-state index is -3.06. The Bertz CT molecular complexity index is 1030. The summed E-state index contributed by atoms with van der Waals surface area (Å²) in [7, 11) is -3.06. The zero-order valence-corrected chi connectivity index (χ0v) is 14.2. The maximum absolute atomic E-state index is 13.4. The van der Waals surface area contributed by atoms with Gasteiger partial charge < -0.3 is 4.57 Å². The average Bonchev–Trinajstić information content (AvgIpc) is 2.99. The lowest BCUT2D eigenvalue weighted by Crippen LogP contribution is -2.12. The van der Waals surface area contributed by atoms with Crippen molar-refractivity contribution in [3.63, 3.8) is 0 Å². The number of hydrogen-bond donors (Lipinski definition) is 0. The summed E-state index contributed by atoms with van der Waals surface area (Å²) < 4.78 is 39.5. The smallest absolute Gasteiger partial charge is 0.175 e. The highest BCUT2D eigenvalue weighted by Gasteiger charge is 2.25. The number of thiophene rings is 1. The quantitative estimate of drug-likeness (QED) is 0.659. The molecule has 0 bridgehead atoms. The van der Waals surface area contributed by atoms with Gasteiger partial charge in [0, 0.05) is 23.1 Å². The second-order valence-corrected chi connectivity index (χ2v) is 9.11. The first-order valence-corrected chi connectivity index (χ1v) is 9.96. The van der Waals surface area contributed by atoms with Crippen LogP contribution in [0.15, 0.2) is 18.2 Å². The Morgan fingerprint density at radius 1 is 1.26 bits per heavy atom. The molecule has 4 rings (SSSR count). The highest BCUT2D eigenvalue weighted by molar-refractivity contribution is 7.91. The molecule has 0 aliphatic carbocycles. The number of hydrogen-bond acceptors (Lipinski definition) is 5. The summed E-state index contributed by atoms with van der Waals surface area (Å²) in [4.78, 5) is 0.685. The SMILES string of the molecule is O=S1(=O)CCc2nnc(-c3sc4cc(F)ccc4c3Cl)n2CC1. The molecule has 0 radical (unpaired) electrons. The van der Waals surface area contributed by atoms with Gasteiger partial charge in [-0.2, -0.15) is 0 Å². The van der Waals surface area contributed by atoms with Gasteiger partial charge in [0.2, 0.25) is 0 Å². The van der Waals surface area contributed by atoms with Crippen molar-refractivity contribution in [2.45, 2.75) is 13.0 Å². The van der Waals surface area contributed by atoms with Gasteiger partial charge in [0.05, 0.1) is 21.4 Å². The van der Waals surface area contributed by atoms with E-state index in [0.29, 0.717) is 34.5 Å². The molecule has 1 aliphatic heterocycles. The van der Waals surface area contributed by atoms with E-state index in [1.54, 1.807) is 10.6 Å². The minimum Gasteiger partial charge on any atom is -0.309 e. The van der Waals surface area contributed by atoms with Crippen molar-refractivity contribution in [2.75, 3.05) is 11.5 Å². The molecule has 120 valence electrons. The van der Waals surface area contributed by atoms with Crippen molar-refractivity contribution in [2.24, 2.45) is 0 Å². The van der Waals surface area contributed by atoms with Crippen molar-refractivity contribution in [1.82, 2.24) is 14.8 Å². The number of nitrogens with zero attached hydrogens (tertiary/aromatic N) is 3. The summed E-state index contributed by atoms with van der Waals surface area (Å²) in [6.45, 7) is 0.304. The van der Waals surface area contributed by atoms with Gasteiger partial charge >= 0.3 is 0 Å². The van der Waals surface area contributed by atoms with Crippen LogP contribution >= 0.6 is 22.9 Å². The zero-order chi connectivity index (χ0) is 16.2. The molecule has 0 saturated heterocycles. The summed E-state index contributed by atoms with van der Waals surface area (Å²) in [6, 6.07) is 4.43. The third-order valence-electron chi connectivity index (χ3n) is 3.88. The van der Waals surface area contributed by atoms with Gasteiger partial charge in [-0.25, -0.2) is 12.8 Å². The first-order valence-electron chi connectivity index (χ1n) is 6.95. The molecule has 0 unspecified atom stereocenters. The number of rotatable bonds is 1. The van der Waals surface area contributed by atoms with Crippen LogP contribution in [0.3, 0.4) is 0 Å². The Hall–Kier alpha value is -1.51. The van der Waals surface area contributed by atoms with Gasteiger partial charge in [-0.05, 0) is 18.2 Å². The van der Waals surface area contributed by atoms with Crippen molar-refractivity contribution in [3.05, 3.63) is 34.9 Å². The summed E-state index contributed by atoms with van der Waals surface area (Å²) in [5.74, 6) is 0.996. The topological polar surface area (TPSA) is 64.8 Å². The van der Waals surface area contributed by atoms with Crippen molar-refractivity contribution in [3.8, 4) is 10.7 Å². The van der Waals surface area contributed by atoms with Gasteiger partial charge in [0.1, 0.15) is 11.6 Å². The lowest BCUT2D eigenvalue weighted by atomic mass is 10.2. The number of aromatic nitrogens is 3. The Kier molecular flexibility index (Phi) is 3.44. The van der Waals surface area contributed by atoms with Crippen LogP contribution < -0.4 is 0 Å². The largest absolute Gasteiger partial charge is 0.309 e. The molecule has 2 aromatic heterocycles. The van der Waals surface area contributed by atoms with Crippen LogP contribution in [0.4, 0.5) is 4.39 Å². The Labute approximate surface area is 140 Å². The first kappa shape index (κ1) is 15.0. The number of halogens is 2. The van der Waals surface area contributed by atoms with Crippen molar-refractivity contribution < 1.29 is 12.8 Å². The second kappa shape index (κ2) is 5.25. The number of benzene rings is 1. The Morgan fingerprint density at radius 2 is 2.09 bits per heavy atom. The number of fused-ring (bicyclic) bond motifs is 2. The normalized spacial score (nSPS) is 17.1. The van der Waals surface area contributed by atoms with Gasteiger partial charge in [0.15, 0.2) is 15.7 Å². The van der Waals surface area contributed by atoms with Crippen LogP contribution in [0.1, 0.15) is 5.82 Å². The van der Waals surface area contributed by atoms with E-state index in [0.717, 1.165) is 10.1 Å². The summed E-state index contributed by atoms with van der Waals surface area (Å²) >= 11 is 7.76. The predicted molar refractivity (Wildman–Crippen MR) is 88.2 cm³/mol. The van der Waals surface area contributed by atoms with E-state index in [2.05, 4.69) is 10.2 Å². The van der Waals surface area contributed by atoms with E-state index in [9.17, 15) is 12.8 Å². The van der Waals surface area contributed by atoms with Gasteiger partial charge in [-0.15, -0.1) is 21.5 Å². The maximum atomic E-state index is 13.4. The fraction of sp³-hybridized carbons (Fsp3) is 0.286. The molecule has 0 amide bonds. The summed E-state index contributed by atoms with van der Waals surface area (Å²) in [5, 5.41) is 9.55. The lowest BCUT2D eigenvalue weighted by molar-refractivity contribution is 0.593. The first-order chi connectivity index (χ1) is 10.9. The predicted octanol–water partition coefficient (Wildman–Crippen LogP) is 2.92. The highest BCUT2D eigenvalue weighted by Crippen LogP contribution is 2.41. The number of aryl methyl sites for hydroxylation is 1. The molecule has 0 N–H and O–H groups in total. The molecule has 0 saturated carbocycles. The van der Waals surface area contributed by atoms with E-state index >= 15 is 0 Å². The van der Waals surface area contributed by atoms with Crippen LogP contribution in [-0.4, -0.2) is 34.7 Å². The minimum absolute atomic E-state index is 0.0577. The molecular weight excluding hydrogens is 361 g/mol. The highest BCUT2D eigenvalue weighted by atomic mass is 35.5. The van der Waals surface area contributed by atoms with Crippen molar-refractivity contribution in [1.29, 1.82) is 0 Å². The van der Waals surface area contributed by atoms with E-state index < -0.39 is 9.84 Å². The maximum Gasteiger partial charge on any atom is 0.175 e. The molecule has 9 heteroatoms. The lowest BCUT2D eigenvalue weighted by Gasteiger charge is -2.05. The fourth-order valence-electron chi connectivity index (χ4n) is 2.69. The molecule has 0 fully saturated rings.